The number of hydrogen-bond donors (Lipinski definition) is 2. The molecule has 0 aliphatic carbocycles. The molecule has 0 saturated carbocycles. The van der Waals surface area contributed by atoms with Crippen molar-refractivity contribution in [3.8, 4) is 5.88 Å². The number of hydrogen-bond acceptors (Lipinski definition) is 4. The maximum Gasteiger partial charge on any atom is 0.268 e. The van der Waals surface area contributed by atoms with Crippen LogP contribution < -0.4 is 15.6 Å². The summed E-state index contributed by atoms with van der Waals surface area (Å²) in [5.41, 5.74) is -0.221. The summed E-state index contributed by atoms with van der Waals surface area (Å²) in [6, 6.07) is 0. The van der Waals surface area contributed by atoms with Crippen molar-refractivity contribution in [2.75, 3.05) is 13.1 Å². The van der Waals surface area contributed by atoms with E-state index >= 15 is 0 Å². The Morgan fingerprint density at radius 2 is 2.50 bits per heavy atom. The third kappa shape index (κ3) is 1.96. The van der Waals surface area contributed by atoms with E-state index in [2.05, 4.69) is 31.2 Å². The first-order valence-electron chi connectivity index (χ1n) is 4.38. The minimum Gasteiger partial charge on any atom is -0.472 e. The molecule has 1 aromatic rings. The van der Waals surface area contributed by atoms with E-state index in [-0.39, 0.29) is 11.7 Å². The van der Waals surface area contributed by atoms with Gasteiger partial charge in [0.05, 0.1) is 6.33 Å². The molecular formula is C8H10BrN3O2. The first kappa shape index (κ1) is 9.67. The van der Waals surface area contributed by atoms with Gasteiger partial charge in [-0.2, -0.15) is 0 Å². The van der Waals surface area contributed by atoms with Crippen molar-refractivity contribution < 1.29 is 4.74 Å². The summed E-state index contributed by atoms with van der Waals surface area (Å²) >= 11 is 3.14. The highest BCUT2D eigenvalue weighted by atomic mass is 79.9. The van der Waals surface area contributed by atoms with Crippen LogP contribution in [0.5, 0.6) is 5.88 Å². The monoisotopic (exact) mass is 259 g/mol. The molecule has 1 atom stereocenters. The topological polar surface area (TPSA) is 67.0 Å². The van der Waals surface area contributed by atoms with Crippen LogP contribution in [0.25, 0.3) is 0 Å². The van der Waals surface area contributed by atoms with Crippen molar-refractivity contribution >= 4 is 15.9 Å². The summed E-state index contributed by atoms with van der Waals surface area (Å²) in [7, 11) is 0. The Balaban J connectivity index is 2.15. The van der Waals surface area contributed by atoms with Crippen molar-refractivity contribution in [1.82, 2.24) is 15.3 Å². The highest BCUT2D eigenvalue weighted by Crippen LogP contribution is 2.18. The van der Waals surface area contributed by atoms with Crippen LogP contribution >= 0.6 is 15.9 Å². The molecule has 1 aliphatic heterocycles. The number of aromatic nitrogens is 2. The van der Waals surface area contributed by atoms with Gasteiger partial charge in [0.25, 0.3) is 5.56 Å². The molecule has 2 heterocycles. The molecule has 6 heteroatoms. The number of nitrogens with one attached hydrogen (secondary N) is 2. The molecule has 1 unspecified atom stereocenters. The predicted octanol–water partition coefficient (Wildman–Crippen LogP) is 0.273. The van der Waals surface area contributed by atoms with Gasteiger partial charge in [-0.05, 0) is 28.9 Å². The van der Waals surface area contributed by atoms with Gasteiger partial charge in [0, 0.05) is 6.54 Å². The van der Waals surface area contributed by atoms with Crippen LogP contribution in [0.3, 0.4) is 0 Å². The molecule has 0 spiro atoms. The van der Waals surface area contributed by atoms with E-state index in [1.165, 1.54) is 6.33 Å². The third-order valence-electron chi connectivity index (χ3n) is 2.06. The minimum atomic E-state index is -0.221. The van der Waals surface area contributed by atoms with Crippen LogP contribution in [0.15, 0.2) is 15.6 Å². The molecule has 1 saturated heterocycles. The molecule has 2 rings (SSSR count). The van der Waals surface area contributed by atoms with Crippen LogP contribution in [0, 0.1) is 0 Å². The Labute approximate surface area is 89.0 Å². The second-order valence-corrected chi connectivity index (χ2v) is 3.88. The maximum absolute atomic E-state index is 11.2. The number of rotatable bonds is 2. The van der Waals surface area contributed by atoms with Crippen molar-refractivity contribution in [1.29, 1.82) is 0 Å². The molecule has 14 heavy (non-hydrogen) atoms. The molecule has 2 N–H and O–H groups in total. The van der Waals surface area contributed by atoms with Crippen molar-refractivity contribution in [2.24, 2.45) is 0 Å². The Morgan fingerprint density at radius 3 is 3.21 bits per heavy atom. The van der Waals surface area contributed by atoms with Gasteiger partial charge in [0.2, 0.25) is 5.88 Å². The Morgan fingerprint density at radius 1 is 1.64 bits per heavy atom. The second-order valence-electron chi connectivity index (χ2n) is 3.08. The first-order chi connectivity index (χ1) is 6.77. The van der Waals surface area contributed by atoms with Crippen molar-refractivity contribution in [2.45, 2.75) is 12.5 Å². The third-order valence-corrected chi connectivity index (χ3v) is 2.76. The van der Waals surface area contributed by atoms with E-state index in [1.807, 2.05) is 0 Å². The lowest BCUT2D eigenvalue weighted by Gasteiger charge is -2.11. The molecule has 0 radical (unpaired) electrons. The molecule has 0 bridgehead atoms. The van der Waals surface area contributed by atoms with E-state index in [4.69, 9.17) is 4.74 Å². The molecule has 1 aliphatic rings. The largest absolute Gasteiger partial charge is 0.472 e. The van der Waals surface area contributed by atoms with Crippen molar-refractivity contribution in [3.63, 3.8) is 0 Å². The number of ether oxygens (including phenoxy) is 1. The zero-order valence-corrected chi connectivity index (χ0v) is 9.00. The van der Waals surface area contributed by atoms with Gasteiger partial charge in [-0.3, -0.25) is 4.79 Å². The maximum atomic E-state index is 11.2. The van der Waals surface area contributed by atoms with E-state index in [9.17, 15) is 4.79 Å². The van der Waals surface area contributed by atoms with E-state index in [1.54, 1.807) is 0 Å². The lowest BCUT2D eigenvalue weighted by atomic mass is 10.3. The van der Waals surface area contributed by atoms with Gasteiger partial charge in [-0.15, -0.1) is 0 Å². The average molecular weight is 260 g/mol. The fraction of sp³-hybridized carbons (Fsp3) is 0.500. The quantitative estimate of drug-likeness (QED) is 0.801. The molecule has 1 aromatic heterocycles. The van der Waals surface area contributed by atoms with Crippen LogP contribution in [0.2, 0.25) is 0 Å². The minimum absolute atomic E-state index is 0.112. The highest BCUT2D eigenvalue weighted by Gasteiger charge is 2.18. The summed E-state index contributed by atoms with van der Waals surface area (Å²) in [5, 5.41) is 3.17. The number of nitrogens with zero attached hydrogens (tertiary/aromatic N) is 1. The smallest absolute Gasteiger partial charge is 0.268 e. The molecule has 5 nitrogen and oxygen atoms in total. The summed E-state index contributed by atoms with van der Waals surface area (Å²) in [4.78, 5) is 17.6. The van der Waals surface area contributed by atoms with Crippen LogP contribution in [-0.4, -0.2) is 29.2 Å². The highest BCUT2D eigenvalue weighted by molar-refractivity contribution is 9.10. The predicted molar refractivity (Wildman–Crippen MR) is 54.5 cm³/mol. The molecule has 76 valence electrons. The standard InChI is InChI=1S/C8H10BrN3O2/c9-6-7(13)11-4-12-8(6)14-5-1-2-10-3-5/h4-5,10H,1-3H2,(H,11,12,13). The van der Waals surface area contributed by atoms with E-state index in [0.29, 0.717) is 10.4 Å². The summed E-state index contributed by atoms with van der Waals surface area (Å²) < 4.78 is 5.90. The Kier molecular flexibility index (Phi) is 2.83. The fourth-order valence-corrected chi connectivity index (χ4v) is 1.65. The van der Waals surface area contributed by atoms with Gasteiger partial charge < -0.3 is 15.0 Å². The van der Waals surface area contributed by atoms with Gasteiger partial charge in [0.1, 0.15) is 10.6 Å². The summed E-state index contributed by atoms with van der Waals surface area (Å²) in [5.74, 6) is 0.363. The molecule has 0 aromatic carbocycles. The van der Waals surface area contributed by atoms with Crippen LogP contribution in [0.1, 0.15) is 6.42 Å². The second kappa shape index (κ2) is 4.10. The zero-order chi connectivity index (χ0) is 9.97. The van der Waals surface area contributed by atoms with Crippen molar-refractivity contribution in [3.05, 3.63) is 21.2 Å². The van der Waals surface area contributed by atoms with Gasteiger partial charge in [0.15, 0.2) is 0 Å². The summed E-state index contributed by atoms with van der Waals surface area (Å²) in [6.45, 7) is 1.76. The van der Waals surface area contributed by atoms with E-state index < -0.39 is 0 Å². The van der Waals surface area contributed by atoms with Gasteiger partial charge in [-0.25, -0.2) is 4.98 Å². The van der Waals surface area contributed by atoms with E-state index in [0.717, 1.165) is 19.5 Å². The summed E-state index contributed by atoms with van der Waals surface area (Å²) in [6.07, 6.45) is 2.40. The van der Waals surface area contributed by atoms with Crippen LogP contribution in [-0.2, 0) is 0 Å². The Hall–Kier alpha value is -0.880. The lowest BCUT2D eigenvalue weighted by Crippen LogP contribution is -2.21. The lowest BCUT2D eigenvalue weighted by molar-refractivity contribution is 0.211. The van der Waals surface area contributed by atoms with Crippen LogP contribution in [0.4, 0.5) is 0 Å². The first-order valence-corrected chi connectivity index (χ1v) is 5.17. The molecule has 0 amide bonds. The Bertz CT molecular complexity index is 373. The van der Waals surface area contributed by atoms with Gasteiger partial charge in [-0.1, -0.05) is 0 Å². The average Bonchev–Trinajstić information content (AvgIpc) is 2.66. The fourth-order valence-electron chi connectivity index (χ4n) is 1.34. The normalized spacial score (nSPS) is 21.1. The number of aromatic amines is 1. The van der Waals surface area contributed by atoms with Gasteiger partial charge >= 0.3 is 0 Å². The number of H-pyrrole nitrogens is 1. The molecule has 1 fully saturated rings. The SMILES string of the molecule is O=c1[nH]cnc(OC2CCNC2)c1Br. The number of halogens is 1. The zero-order valence-electron chi connectivity index (χ0n) is 7.42. The molecular weight excluding hydrogens is 250 g/mol.